The first kappa shape index (κ1) is 18.9. The van der Waals surface area contributed by atoms with Gasteiger partial charge < -0.3 is 10.5 Å². The fourth-order valence-electron chi connectivity index (χ4n) is 3.32. The minimum Gasteiger partial charge on any atom is -0.379 e. The van der Waals surface area contributed by atoms with Crippen LogP contribution in [0.3, 0.4) is 0 Å². The molecule has 1 heterocycles. The predicted octanol–water partition coefficient (Wildman–Crippen LogP) is 3.32. The molecule has 3 fully saturated rings. The zero-order valence-corrected chi connectivity index (χ0v) is 13.0. The van der Waals surface area contributed by atoms with Crippen molar-refractivity contribution in [3.63, 3.8) is 0 Å². The Morgan fingerprint density at radius 3 is 1.86 bits per heavy atom. The van der Waals surface area contributed by atoms with Crippen molar-refractivity contribution in [2.45, 2.75) is 83.7 Å². The summed E-state index contributed by atoms with van der Waals surface area (Å²) in [6.45, 7) is 3.88. The van der Waals surface area contributed by atoms with Gasteiger partial charge in [-0.2, -0.15) is 0 Å². The van der Waals surface area contributed by atoms with Crippen molar-refractivity contribution in [1.82, 2.24) is 10.4 Å². The fraction of sp³-hybridized carbons (Fsp3) is 1.00. The van der Waals surface area contributed by atoms with E-state index in [2.05, 4.69) is 10.4 Å². The van der Waals surface area contributed by atoms with Crippen LogP contribution in [-0.4, -0.2) is 43.4 Å². The monoisotopic (exact) mass is 301 g/mol. The van der Waals surface area contributed by atoms with Crippen molar-refractivity contribution in [1.29, 1.82) is 0 Å². The van der Waals surface area contributed by atoms with Gasteiger partial charge in [-0.1, -0.05) is 46.0 Å². The molecular weight excluding hydrogens is 262 g/mol. The number of rotatable bonds is 2. The Kier molecular flexibility index (Phi) is 10.3. The standard InChI is InChI=1S/C10H20N2O.C6H13N.CH4.H2/c1-2-4-10(5-3-1)11-12-6-8-13-9-7-12;7-6-4-2-1-3-5-6;;/h10-11H,1-9H2;6H,1-5,7H2;1H4;1H. The molecule has 4 nitrogen and oxygen atoms in total. The summed E-state index contributed by atoms with van der Waals surface area (Å²) in [6.07, 6.45) is 13.6. The summed E-state index contributed by atoms with van der Waals surface area (Å²) in [6, 6.07) is 1.28. The normalized spacial score (nSPS) is 25.6. The molecule has 1 aliphatic heterocycles. The van der Waals surface area contributed by atoms with Crippen LogP contribution in [0.5, 0.6) is 0 Å². The minimum absolute atomic E-state index is 0. The van der Waals surface area contributed by atoms with Gasteiger partial charge in [-0.05, 0) is 25.7 Å². The molecule has 0 unspecified atom stereocenters. The summed E-state index contributed by atoms with van der Waals surface area (Å²) in [5.74, 6) is 0. The Labute approximate surface area is 133 Å². The number of ether oxygens (including phenoxy) is 1. The van der Waals surface area contributed by atoms with Gasteiger partial charge in [0, 0.05) is 26.6 Å². The summed E-state index contributed by atoms with van der Waals surface area (Å²) in [5.41, 5.74) is 9.25. The average Bonchev–Trinajstić information content (AvgIpc) is 2.51. The molecule has 1 saturated heterocycles. The third-order valence-corrected chi connectivity index (χ3v) is 4.63. The molecule has 4 heteroatoms. The van der Waals surface area contributed by atoms with E-state index in [1.165, 1.54) is 64.2 Å². The van der Waals surface area contributed by atoms with Gasteiger partial charge in [-0.25, -0.2) is 5.01 Å². The van der Waals surface area contributed by atoms with Gasteiger partial charge in [0.15, 0.2) is 0 Å². The van der Waals surface area contributed by atoms with Crippen molar-refractivity contribution in [2.75, 3.05) is 26.3 Å². The van der Waals surface area contributed by atoms with Gasteiger partial charge in [0.25, 0.3) is 0 Å². The number of nitrogens with two attached hydrogens (primary N) is 1. The van der Waals surface area contributed by atoms with E-state index in [0.717, 1.165) is 32.3 Å². The summed E-state index contributed by atoms with van der Waals surface area (Å²) in [7, 11) is 0. The molecule has 128 valence electrons. The Balaban J connectivity index is 0.000000425. The summed E-state index contributed by atoms with van der Waals surface area (Å²) in [4.78, 5) is 0. The molecule has 0 bridgehead atoms. The molecule has 0 aromatic carbocycles. The quantitative estimate of drug-likeness (QED) is 0.821. The molecule has 3 rings (SSSR count). The molecule has 0 spiro atoms. The van der Waals surface area contributed by atoms with Crippen molar-refractivity contribution in [2.24, 2.45) is 5.73 Å². The second-order valence-electron chi connectivity index (χ2n) is 6.46. The van der Waals surface area contributed by atoms with E-state index in [0.29, 0.717) is 6.04 Å². The first-order valence-electron chi connectivity index (χ1n) is 8.69. The number of morpholine rings is 1. The van der Waals surface area contributed by atoms with E-state index >= 15 is 0 Å². The lowest BCUT2D eigenvalue weighted by atomic mass is 9.96. The lowest BCUT2D eigenvalue weighted by Gasteiger charge is -2.33. The Morgan fingerprint density at radius 2 is 1.38 bits per heavy atom. The lowest BCUT2D eigenvalue weighted by molar-refractivity contribution is 0.000392. The van der Waals surface area contributed by atoms with E-state index in [-0.39, 0.29) is 8.85 Å². The second-order valence-corrected chi connectivity index (χ2v) is 6.46. The SMILES string of the molecule is C.C1CCC(NN2CCOCC2)CC1.NC1CCCCC1.[HH]. The van der Waals surface area contributed by atoms with Crippen LogP contribution in [0.4, 0.5) is 0 Å². The first-order chi connectivity index (χ1) is 9.84. The second kappa shape index (κ2) is 11.4. The topological polar surface area (TPSA) is 50.5 Å². The Bertz CT molecular complexity index is 222. The van der Waals surface area contributed by atoms with Crippen LogP contribution in [0.1, 0.15) is 73.1 Å². The number of nitrogens with zero attached hydrogens (tertiary/aromatic N) is 1. The molecule has 0 aromatic rings. The van der Waals surface area contributed by atoms with E-state index in [9.17, 15) is 0 Å². The molecule has 3 aliphatic rings. The summed E-state index contributed by atoms with van der Waals surface area (Å²) in [5, 5.41) is 2.33. The van der Waals surface area contributed by atoms with E-state index in [1.54, 1.807) is 0 Å². The van der Waals surface area contributed by atoms with Crippen LogP contribution in [0.2, 0.25) is 0 Å². The molecule has 0 amide bonds. The van der Waals surface area contributed by atoms with Crippen molar-refractivity contribution in [3.05, 3.63) is 0 Å². The molecule has 2 saturated carbocycles. The molecule has 0 atom stereocenters. The average molecular weight is 302 g/mol. The number of hydrogen-bond acceptors (Lipinski definition) is 4. The zero-order valence-electron chi connectivity index (χ0n) is 13.0. The van der Waals surface area contributed by atoms with E-state index in [4.69, 9.17) is 10.5 Å². The van der Waals surface area contributed by atoms with Gasteiger partial charge in [0.1, 0.15) is 0 Å². The van der Waals surface area contributed by atoms with Crippen LogP contribution >= 0.6 is 0 Å². The highest BCUT2D eigenvalue weighted by atomic mass is 16.5. The van der Waals surface area contributed by atoms with Crippen LogP contribution in [0.25, 0.3) is 0 Å². The number of hydrazine groups is 1. The first-order valence-corrected chi connectivity index (χ1v) is 8.69. The predicted molar refractivity (Wildman–Crippen MR) is 92.3 cm³/mol. The summed E-state index contributed by atoms with van der Waals surface area (Å²) >= 11 is 0. The maximum absolute atomic E-state index is 5.63. The smallest absolute Gasteiger partial charge is 0.0608 e. The highest BCUT2D eigenvalue weighted by molar-refractivity contribution is 4.71. The van der Waals surface area contributed by atoms with Gasteiger partial charge in [0.2, 0.25) is 0 Å². The fourth-order valence-corrected chi connectivity index (χ4v) is 3.32. The maximum Gasteiger partial charge on any atom is 0.0608 e. The summed E-state index contributed by atoms with van der Waals surface area (Å²) < 4.78 is 5.31. The third-order valence-electron chi connectivity index (χ3n) is 4.63. The van der Waals surface area contributed by atoms with Crippen molar-refractivity contribution >= 4 is 0 Å². The zero-order chi connectivity index (χ0) is 14.0. The Morgan fingerprint density at radius 1 is 0.857 bits per heavy atom. The highest BCUT2D eigenvalue weighted by Gasteiger charge is 2.17. The number of hydrogen-bond donors (Lipinski definition) is 2. The molecule has 0 aromatic heterocycles. The van der Waals surface area contributed by atoms with Crippen LogP contribution in [0, 0.1) is 0 Å². The Hall–Kier alpha value is -0.160. The maximum atomic E-state index is 5.63. The molecule has 21 heavy (non-hydrogen) atoms. The van der Waals surface area contributed by atoms with Crippen molar-refractivity contribution < 1.29 is 6.16 Å². The van der Waals surface area contributed by atoms with E-state index in [1.807, 2.05) is 0 Å². The van der Waals surface area contributed by atoms with Gasteiger partial charge in [-0.15, -0.1) is 0 Å². The molecule has 0 radical (unpaired) electrons. The molecular formula is C17H39N3O. The largest absolute Gasteiger partial charge is 0.379 e. The van der Waals surface area contributed by atoms with E-state index < -0.39 is 0 Å². The van der Waals surface area contributed by atoms with Crippen LogP contribution < -0.4 is 11.2 Å². The highest BCUT2D eigenvalue weighted by Crippen LogP contribution is 2.17. The molecule has 2 aliphatic carbocycles. The van der Waals surface area contributed by atoms with Gasteiger partial charge in [-0.3, -0.25) is 5.43 Å². The number of nitrogens with one attached hydrogen (secondary N) is 1. The third kappa shape index (κ3) is 8.15. The van der Waals surface area contributed by atoms with Crippen molar-refractivity contribution in [3.8, 4) is 0 Å². The minimum atomic E-state index is 0. The lowest BCUT2D eigenvalue weighted by Crippen LogP contribution is -2.50. The molecule has 3 N–H and O–H groups in total. The van der Waals surface area contributed by atoms with Gasteiger partial charge >= 0.3 is 0 Å². The van der Waals surface area contributed by atoms with Gasteiger partial charge in [0.05, 0.1) is 13.2 Å². The van der Waals surface area contributed by atoms with Crippen LogP contribution in [0.15, 0.2) is 0 Å². The van der Waals surface area contributed by atoms with Crippen LogP contribution in [-0.2, 0) is 4.74 Å².